The van der Waals surface area contributed by atoms with Gasteiger partial charge < -0.3 is 14.5 Å². The van der Waals surface area contributed by atoms with E-state index >= 15 is 0 Å². The molecule has 4 aromatic carbocycles. The van der Waals surface area contributed by atoms with Gasteiger partial charge in [0.2, 0.25) is 0 Å². The molecule has 4 aromatic rings. The Kier molecular flexibility index (Phi) is 4.70. The van der Waals surface area contributed by atoms with Crippen molar-refractivity contribution in [2.24, 2.45) is 0 Å². The minimum atomic E-state index is -0.136. The molecule has 2 atom stereocenters. The zero-order chi connectivity index (χ0) is 23.4. The van der Waals surface area contributed by atoms with Crippen LogP contribution in [0.2, 0.25) is 0 Å². The second kappa shape index (κ2) is 7.66. The van der Waals surface area contributed by atoms with Crippen molar-refractivity contribution in [2.45, 2.75) is 31.7 Å². The topological polar surface area (TPSA) is 15.7 Å². The van der Waals surface area contributed by atoms with Gasteiger partial charge in [0.05, 0.1) is 11.7 Å². The SMILES string of the molecule is Cc1ccccc1CC1(C)c2c(ccc3ccccc23)N(C)C1/C=C1\Oc2ccccc2N1C. The van der Waals surface area contributed by atoms with Crippen LogP contribution in [0.4, 0.5) is 11.4 Å². The second-order valence-corrected chi connectivity index (χ2v) is 9.89. The van der Waals surface area contributed by atoms with Gasteiger partial charge in [0.15, 0.2) is 11.6 Å². The molecular formula is C31H30N2O. The lowest BCUT2D eigenvalue weighted by molar-refractivity contribution is 0.406. The molecule has 0 saturated carbocycles. The average molecular weight is 447 g/mol. The van der Waals surface area contributed by atoms with E-state index in [1.807, 2.05) is 12.1 Å². The molecule has 0 aliphatic carbocycles. The van der Waals surface area contributed by atoms with Crippen LogP contribution in [0, 0.1) is 6.92 Å². The van der Waals surface area contributed by atoms with E-state index in [4.69, 9.17) is 4.74 Å². The molecule has 6 rings (SSSR count). The van der Waals surface area contributed by atoms with Crippen molar-refractivity contribution in [1.29, 1.82) is 0 Å². The molecule has 0 amide bonds. The number of para-hydroxylation sites is 2. The molecule has 2 unspecified atom stereocenters. The van der Waals surface area contributed by atoms with Crippen molar-refractivity contribution in [2.75, 3.05) is 23.9 Å². The summed E-state index contributed by atoms with van der Waals surface area (Å²) < 4.78 is 6.34. The van der Waals surface area contributed by atoms with Gasteiger partial charge in [-0.05, 0) is 65.1 Å². The molecule has 2 heterocycles. The van der Waals surface area contributed by atoms with E-state index < -0.39 is 0 Å². The first-order valence-electron chi connectivity index (χ1n) is 12.0. The Labute approximate surface area is 201 Å². The van der Waals surface area contributed by atoms with Crippen molar-refractivity contribution in [3.63, 3.8) is 0 Å². The summed E-state index contributed by atoms with van der Waals surface area (Å²) in [6.45, 7) is 4.65. The van der Waals surface area contributed by atoms with Crippen molar-refractivity contribution >= 4 is 22.1 Å². The van der Waals surface area contributed by atoms with E-state index in [1.165, 1.54) is 33.2 Å². The van der Waals surface area contributed by atoms with E-state index in [0.29, 0.717) is 0 Å². The number of nitrogens with zero attached hydrogens (tertiary/aromatic N) is 2. The van der Waals surface area contributed by atoms with Crippen molar-refractivity contribution in [3.05, 3.63) is 114 Å². The Morgan fingerprint density at radius 1 is 0.853 bits per heavy atom. The Bertz CT molecular complexity index is 1440. The fourth-order valence-corrected chi connectivity index (χ4v) is 5.97. The summed E-state index contributed by atoms with van der Waals surface area (Å²) in [5.41, 5.74) is 6.44. The normalized spacial score (nSPS) is 22.2. The first-order chi connectivity index (χ1) is 16.5. The summed E-state index contributed by atoms with van der Waals surface area (Å²) in [5.74, 6) is 1.81. The van der Waals surface area contributed by atoms with Gasteiger partial charge in [0, 0.05) is 25.2 Å². The predicted octanol–water partition coefficient (Wildman–Crippen LogP) is 6.84. The average Bonchev–Trinajstić information content (AvgIpc) is 3.28. The molecule has 3 nitrogen and oxygen atoms in total. The van der Waals surface area contributed by atoms with Gasteiger partial charge in [-0.15, -0.1) is 0 Å². The first kappa shape index (κ1) is 20.9. The molecule has 0 saturated heterocycles. The Balaban J connectivity index is 1.53. The maximum absolute atomic E-state index is 6.34. The van der Waals surface area contributed by atoms with Crippen LogP contribution in [-0.2, 0) is 11.8 Å². The maximum Gasteiger partial charge on any atom is 0.198 e. The summed E-state index contributed by atoms with van der Waals surface area (Å²) in [4.78, 5) is 4.60. The van der Waals surface area contributed by atoms with E-state index in [9.17, 15) is 0 Å². The number of aryl methyl sites for hydroxylation is 1. The molecule has 2 aliphatic rings. The molecule has 0 fully saturated rings. The smallest absolute Gasteiger partial charge is 0.198 e. The summed E-state index contributed by atoms with van der Waals surface area (Å²) in [6, 6.07) is 30.5. The Morgan fingerprint density at radius 3 is 2.41 bits per heavy atom. The van der Waals surface area contributed by atoms with E-state index in [1.54, 1.807) is 0 Å². The first-order valence-corrected chi connectivity index (χ1v) is 12.0. The fraction of sp³-hybridized carbons (Fsp3) is 0.226. The summed E-state index contributed by atoms with van der Waals surface area (Å²) in [6.07, 6.45) is 3.28. The zero-order valence-corrected chi connectivity index (χ0v) is 20.2. The lowest BCUT2D eigenvalue weighted by Crippen LogP contribution is -2.42. The highest BCUT2D eigenvalue weighted by Crippen LogP contribution is 2.51. The Hall–Kier alpha value is -3.72. The minimum Gasteiger partial charge on any atom is -0.439 e. The summed E-state index contributed by atoms with van der Waals surface area (Å²) in [7, 11) is 4.31. The van der Waals surface area contributed by atoms with E-state index in [-0.39, 0.29) is 11.5 Å². The number of benzene rings is 4. The van der Waals surface area contributed by atoms with Crippen LogP contribution in [0.3, 0.4) is 0 Å². The van der Waals surface area contributed by atoms with Crippen LogP contribution < -0.4 is 14.5 Å². The predicted molar refractivity (Wildman–Crippen MR) is 142 cm³/mol. The minimum absolute atomic E-state index is 0.136. The molecule has 0 bridgehead atoms. The van der Waals surface area contributed by atoms with Gasteiger partial charge in [-0.2, -0.15) is 0 Å². The number of fused-ring (bicyclic) bond motifs is 4. The lowest BCUT2D eigenvalue weighted by Gasteiger charge is -2.35. The van der Waals surface area contributed by atoms with Crippen LogP contribution in [0.1, 0.15) is 23.6 Å². The number of hydrogen-bond acceptors (Lipinski definition) is 3. The fourth-order valence-electron chi connectivity index (χ4n) is 5.97. The van der Waals surface area contributed by atoms with Crippen molar-refractivity contribution < 1.29 is 4.74 Å². The molecule has 34 heavy (non-hydrogen) atoms. The third kappa shape index (κ3) is 3.03. The highest BCUT2D eigenvalue weighted by Gasteiger charge is 2.47. The van der Waals surface area contributed by atoms with Gasteiger partial charge in [-0.25, -0.2) is 0 Å². The van der Waals surface area contributed by atoms with Crippen LogP contribution in [-0.4, -0.2) is 20.1 Å². The van der Waals surface area contributed by atoms with Gasteiger partial charge in [-0.1, -0.05) is 73.7 Å². The molecule has 0 aromatic heterocycles. The lowest BCUT2D eigenvalue weighted by atomic mass is 9.71. The molecule has 0 N–H and O–H groups in total. The van der Waals surface area contributed by atoms with E-state index in [2.05, 4.69) is 117 Å². The Morgan fingerprint density at radius 2 is 1.59 bits per heavy atom. The number of hydrogen-bond donors (Lipinski definition) is 0. The van der Waals surface area contributed by atoms with Crippen molar-refractivity contribution in [1.82, 2.24) is 0 Å². The van der Waals surface area contributed by atoms with Crippen LogP contribution in [0.25, 0.3) is 10.8 Å². The van der Waals surface area contributed by atoms with Crippen LogP contribution in [0.15, 0.2) is 96.9 Å². The van der Waals surface area contributed by atoms with E-state index in [0.717, 1.165) is 23.7 Å². The zero-order valence-electron chi connectivity index (χ0n) is 20.2. The third-order valence-electron chi connectivity index (χ3n) is 7.82. The molecule has 170 valence electrons. The molecular weight excluding hydrogens is 416 g/mol. The third-order valence-corrected chi connectivity index (χ3v) is 7.82. The second-order valence-electron chi connectivity index (χ2n) is 9.89. The standard InChI is InChI=1S/C31H30N2O/c1-21-11-5-6-13-23(21)20-31(2)28(19-29-33(4)25-15-9-10-16-27(25)34-29)32(3)26-18-17-22-12-7-8-14-24(22)30(26)31/h5-19,28H,20H2,1-4H3/b29-19-. The van der Waals surface area contributed by atoms with Crippen molar-refractivity contribution in [3.8, 4) is 5.75 Å². The van der Waals surface area contributed by atoms with Gasteiger partial charge >= 0.3 is 0 Å². The van der Waals surface area contributed by atoms with Gasteiger partial charge in [0.1, 0.15) is 0 Å². The monoisotopic (exact) mass is 446 g/mol. The molecule has 0 radical (unpaired) electrons. The maximum atomic E-state index is 6.34. The molecule has 0 spiro atoms. The number of rotatable bonds is 3. The molecule has 2 aliphatic heterocycles. The van der Waals surface area contributed by atoms with Gasteiger partial charge in [0.25, 0.3) is 0 Å². The highest BCUT2D eigenvalue weighted by molar-refractivity contribution is 5.93. The molecule has 3 heteroatoms. The summed E-state index contributed by atoms with van der Waals surface area (Å²) in [5, 5.41) is 2.63. The largest absolute Gasteiger partial charge is 0.439 e. The number of ether oxygens (including phenoxy) is 1. The summed E-state index contributed by atoms with van der Waals surface area (Å²) >= 11 is 0. The quantitative estimate of drug-likeness (QED) is 0.343. The van der Waals surface area contributed by atoms with Crippen LogP contribution in [0.5, 0.6) is 5.75 Å². The number of likely N-dealkylation sites (N-methyl/N-ethyl adjacent to an activating group) is 1. The van der Waals surface area contributed by atoms with Gasteiger partial charge in [-0.3, -0.25) is 0 Å². The van der Waals surface area contributed by atoms with Crippen LogP contribution >= 0.6 is 0 Å². The highest BCUT2D eigenvalue weighted by atomic mass is 16.5. The number of anilines is 2.